The molecule has 0 bridgehead atoms. The normalized spacial score (nSPS) is 18.1. The molecule has 0 radical (unpaired) electrons. The quantitative estimate of drug-likeness (QED) is 0.311. The first kappa shape index (κ1) is 30.8. The molecule has 1 saturated carbocycles. The number of fused-ring (bicyclic) bond motifs is 1. The topological polar surface area (TPSA) is 114 Å². The van der Waals surface area contributed by atoms with Crippen molar-refractivity contribution >= 4 is 42.7 Å². The van der Waals surface area contributed by atoms with Gasteiger partial charge in [0.05, 0.1) is 24.5 Å². The van der Waals surface area contributed by atoms with Crippen LogP contribution in [0.1, 0.15) is 56.4 Å². The Morgan fingerprint density at radius 2 is 1.79 bits per heavy atom. The lowest BCUT2D eigenvalue weighted by Crippen LogP contribution is -2.47. The standard InChI is InChI=1S/C30H41N5O5S2/c1-34-16-14-23(15-17-34)35(18-19-39-2)42(37,38)24-10-8-22(9-11-24)25(20-21-6-4-5-7-21)28(36)33-30-31-26-12-13-27(40-3)32-29(26)41-30/h8-13,21,23,25H,4-7,14-20H2,1-3H3,(H,31,33,36). The van der Waals surface area contributed by atoms with Gasteiger partial charge in [-0.1, -0.05) is 49.2 Å². The maximum atomic E-state index is 13.8. The summed E-state index contributed by atoms with van der Waals surface area (Å²) in [5.74, 6) is 0.392. The number of sulfonamides is 1. The molecule has 1 saturated heterocycles. The maximum Gasteiger partial charge on any atom is 0.243 e. The summed E-state index contributed by atoms with van der Waals surface area (Å²) in [6, 6.07) is 10.4. The largest absolute Gasteiger partial charge is 0.481 e. The summed E-state index contributed by atoms with van der Waals surface area (Å²) in [6.45, 7) is 2.36. The second kappa shape index (κ2) is 13.8. The van der Waals surface area contributed by atoms with Crippen LogP contribution in [0.25, 0.3) is 10.3 Å². The van der Waals surface area contributed by atoms with Crippen LogP contribution in [0.5, 0.6) is 5.88 Å². The summed E-state index contributed by atoms with van der Waals surface area (Å²) in [5.41, 5.74) is 1.50. The number of methoxy groups -OCH3 is 2. The molecule has 2 aromatic heterocycles. The summed E-state index contributed by atoms with van der Waals surface area (Å²) in [4.78, 5) is 25.8. The number of ether oxygens (including phenoxy) is 2. The van der Waals surface area contributed by atoms with Gasteiger partial charge in [0, 0.05) is 25.8 Å². The van der Waals surface area contributed by atoms with Crippen LogP contribution in [0, 0.1) is 5.92 Å². The Labute approximate surface area is 252 Å². The summed E-state index contributed by atoms with van der Waals surface area (Å²) in [6.07, 6.45) is 6.85. The fraction of sp³-hybridized carbons (Fsp3) is 0.567. The summed E-state index contributed by atoms with van der Waals surface area (Å²) in [7, 11) is 1.48. The highest BCUT2D eigenvalue weighted by molar-refractivity contribution is 7.89. The van der Waals surface area contributed by atoms with Gasteiger partial charge >= 0.3 is 0 Å². The van der Waals surface area contributed by atoms with Crippen molar-refractivity contribution in [1.82, 2.24) is 19.2 Å². The zero-order valence-corrected chi connectivity index (χ0v) is 26.3. The molecule has 1 amide bonds. The number of likely N-dealkylation sites (tertiary alicyclic amines) is 1. The molecule has 1 aromatic carbocycles. The third-order valence-corrected chi connectivity index (χ3v) is 11.4. The van der Waals surface area contributed by atoms with Crippen molar-refractivity contribution < 1.29 is 22.7 Å². The number of thiazole rings is 1. The van der Waals surface area contributed by atoms with Gasteiger partial charge in [0.1, 0.15) is 10.3 Å². The smallest absolute Gasteiger partial charge is 0.243 e. The van der Waals surface area contributed by atoms with Crippen LogP contribution < -0.4 is 10.1 Å². The molecule has 0 spiro atoms. The molecule has 3 heterocycles. The van der Waals surface area contributed by atoms with Crippen molar-refractivity contribution in [2.75, 3.05) is 52.8 Å². The lowest BCUT2D eigenvalue weighted by Gasteiger charge is -2.36. The molecular weight excluding hydrogens is 574 g/mol. The highest BCUT2D eigenvalue weighted by Crippen LogP contribution is 2.36. The van der Waals surface area contributed by atoms with Gasteiger partial charge in [-0.2, -0.15) is 4.31 Å². The number of benzene rings is 1. The Kier molecular flexibility index (Phi) is 10.1. The van der Waals surface area contributed by atoms with Gasteiger partial charge < -0.3 is 19.7 Å². The van der Waals surface area contributed by atoms with E-state index < -0.39 is 15.9 Å². The zero-order valence-electron chi connectivity index (χ0n) is 24.6. The Balaban J connectivity index is 1.37. The number of nitrogens with one attached hydrogen (secondary N) is 1. The number of aromatic nitrogens is 2. The number of carbonyl (C=O) groups excluding carboxylic acids is 1. The van der Waals surface area contributed by atoms with E-state index in [2.05, 4.69) is 27.2 Å². The van der Waals surface area contributed by atoms with E-state index in [-0.39, 0.29) is 16.8 Å². The lowest BCUT2D eigenvalue weighted by molar-refractivity contribution is -0.118. The molecule has 42 heavy (non-hydrogen) atoms. The molecule has 1 N–H and O–H groups in total. The maximum absolute atomic E-state index is 13.8. The first-order valence-corrected chi connectivity index (χ1v) is 17.0. The minimum Gasteiger partial charge on any atom is -0.481 e. The van der Waals surface area contributed by atoms with Gasteiger partial charge in [0.25, 0.3) is 0 Å². The highest BCUT2D eigenvalue weighted by Gasteiger charge is 2.34. The van der Waals surface area contributed by atoms with Crippen LogP contribution in [0.4, 0.5) is 5.13 Å². The number of amides is 1. The SMILES string of the molecule is COCCN(C1CCN(C)CC1)S(=O)(=O)c1ccc(C(CC2CCCC2)C(=O)Nc2nc3ccc(OC)nc3s2)cc1. The molecule has 5 rings (SSSR count). The van der Waals surface area contributed by atoms with E-state index in [1.807, 2.05) is 6.07 Å². The third kappa shape index (κ3) is 7.11. The summed E-state index contributed by atoms with van der Waals surface area (Å²) < 4.78 is 39.8. The summed E-state index contributed by atoms with van der Waals surface area (Å²) >= 11 is 1.31. The molecule has 1 atom stereocenters. The highest BCUT2D eigenvalue weighted by atomic mass is 32.2. The first-order valence-electron chi connectivity index (χ1n) is 14.7. The van der Waals surface area contributed by atoms with E-state index in [4.69, 9.17) is 9.47 Å². The Bertz CT molecular complexity index is 1450. The fourth-order valence-electron chi connectivity index (χ4n) is 6.10. The van der Waals surface area contributed by atoms with E-state index in [0.29, 0.717) is 46.8 Å². The van der Waals surface area contributed by atoms with E-state index in [1.165, 1.54) is 24.2 Å². The average molecular weight is 616 g/mol. The van der Waals surface area contributed by atoms with Gasteiger partial charge in [0.2, 0.25) is 21.8 Å². The van der Waals surface area contributed by atoms with Crippen LogP contribution in [-0.4, -0.2) is 87.0 Å². The number of piperidine rings is 1. The minimum absolute atomic E-state index is 0.0646. The molecular formula is C30H41N5O5S2. The number of hydrogen-bond donors (Lipinski definition) is 1. The van der Waals surface area contributed by atoms with Crippen LogP contribution in [0.15, 0.2) is 41.3 Å². The molecule has 1 aliphatic carbocycles. The molecule has 1 aliphatic heterocycles. The molecule has 228 valence electrons. The second-order valence-corrected chi connectivity index (χ2v) is 14.2. The predicted molar refractivity (Wildman–Crippen MR) is 165 cm³/mol. The number of anilines is 1. The monoisotopic (exact) mass is 615 g/mol. The van der Waals surface area contributed by atoms with Gasteiger partial charge in [-0.15, -0.1) is 0 Å². The second-order valence-electron chi connectivity index (χ2n) is 11.3. The van der Waals surface area contributed by atoms with Gasteiger partial charge in [-0.05, 0) is 69.1 Å². The Morgan fingerprint density at radius 3 is 2.45 bits per heavy atom. The number of hydrogen-bond acceptors (Lipinski definition) is 9. The Hall–Kier alpha value is -2.64. The van der Waals surface area contributed by atoms with Crippen LogP contribution in [0.3, 0.4) is 0 Å². The number of rotatable bonds is 12. The van der Waals surface area contributed by atoms with Crippen molar-refractivity contribution in [1.29, 1.82) is 0 Å². The van der Waals surface area contributed by atoms with E-state index in [9.17, 15) is 13.2 Å². The van der Waals surface area contributed by atoms with Crippen LogP contribution >= 0.6 is 11.3 Å². The number of carbonyl (C=O) groups is 1. The minimum atomic E-state index is -3.74. The molecule has 2 aliphatic rings. The zero-order chi connectivity index (χ0) is 29.7. The van der Waals surface area contributed by atoms with Crippen molar-refractivity contribution in [3.05, 3.63) is 42.0 Å². The Morgan fingerprint density at radius 1 is 1.07 bits per heavy atom. The van der Waals surface area contributed by atoms with E-state index in [1.54, 1.807) is 48.9 Å². The lowest BCUT2D eigenvalue weighted by atomic mass is 9.87. The van der Waals surface area contributed by atoms with Crippen LogP contribution in [0.2, 0.25) is 0 Å². The van der Waals surface area contributed by atoms with Gasteiger partial charge in [-0.25, -0.2) is 18.4 Å². The fourth-order valence-corrected chi connectivity index (χ4v) is 8.61. The predicted octanol–water partition coefficient (Wildman–Crippen LogP) is 4.73. The van der Waals surface area contributed by atoms with Crippen molar-refractivity contribution in [3.8, 4) is 5.88 Å². The summed E-state index contributed by atoms with van der Waals surface area (Å²) in [5, 5.41) is 3.50. The molecule has 3 aromatic rings. The molecule has 10 nitrogen and oxygen atoms in total. The van der Waals surface area contributed by atoms with Gasteiger partial charge in [0.15, 0.2) is 5.13 Å². The third-order valence-electron chi connectivity index (χ3n) is 8.53. The van der Waals surface area contributed by atoms with Crippen molar-refractivity contribution in [3.63, 3.8) is 0 Å². The van der Waals surface area contributed by atoms with Crippen molar-refractivity contribution in [2.24, 2.45) is 5.92 Å². The first-order chi connectivity index (χ1) is 20.3. The number of pyridine rings is 1. The molecule has 2 fully saturated rings. The van der Waals surface area contributed by atoms with Crippen molar-refractivity contribution in [2.45, 2.75) is 61.8 Å². The van der Waals surface area contributed by atoms with Gasteiger partial charge in [-0.3, -0.25) is 4.79 Å². The molecule has 12 heteroatoms. The van der Waals surface area contributed by atoms with E-state index in [0.717, 1.165) is 44.3 Å². The molecule has 1 unspecified atom stereocenters. The van der Waals surface area contributed by atoms with E-state index >= 15 is 0 Å². The number of nitrogens with zero attached hydrogens (tertiary/aromatic N) is 4. The van der Waals surface area contributed by atoms with Crippen LogP contribution in [-0.2, 0) is 19.6 Å². The average Bonchev–Trinajstić information content (AvgIpc) is 3.66.